The Morgan fingerprint density at radius 1 is 1.19 bits per heavy atom. The Morgan fingerprint density at radius 2 is 1.88 bits per heavy atom. The lowest BCUT2D eigenvalue weighted by Gasteiger charge is -2.38. The lowest BCUT2D eigenvalue weighted by molar-refractivity contribution is 0.411. The molecule has 2 saturated heterocycles. The van der Waals surface area contributed by atoms with Gasteiger partial charge in [-0.2, -0.15) is 5.10 Å². The number of aromatic nitrogens is 2. The van der Waals surface area contributed by atoms with Crippen LogP contribution in [0.5, 0.6) is 0 Å². The van der Waals surface area contributed by atoms with Crippen molar-refractivity contribution in [3.8, 4) is 0 Å². The fourth-order valence-corrected chi connectivity index (χ4v) is 3.12. The lowest BCUT2D eigenvalue weighted by Crippen LogP contribution is -2.47. The van der Waals surface area contributed by atoms with Gasteiger partial charge in [0.2, 0.25) is 0 Å². The van der Waals surface area contributed by atoms with E-state index in [9.17, 15) is 0 Å². The molecular weight excluding hydrogens is 200 g/mol. The van der Waals surface area contributed by atoms with E-state index in [0.29, 0.717) is 18.1 Å². The zero-order valence-electron chi connectivity index (χ0n) is 9.63. The largest absolute Gasteiger partial charge is 0.349 e. The Labute approximate surface area is 95.8 Å². The van der Waals surface area contributed by atoms with E-state index in [0.717, 1.165) is 24.4 Å². The van der Waals surface area contributed by atoms with Gasteiger partial charge < -0.3 is 10.6 Å². The van der Waals surface area contributed by atoms with Crippen molar-refractivity contribution in [1.82, 2.24) is 10.2 Å². The van der Waals surface area contributed by atoms with Crippen LogP contribution in [0.3, 0.4) is 0 Å². The molecule has 1 aromatic rings. The number of nitrogens with zero attached hydrogens (tertiary/aromatic N) is 3. The van der Waals surface area contributed by atoms with Gasteiger partial charge in [0.15, 0.2) is 5.82 Å². The number of piperidine rings is 1. The molecule has 2 bridgehead atoms. The zero-order chi connectivity index (χ0) is 11.1. The predicted octanol–water partition coefficient (Wildman–Crippen LogP) is 1.24. The molecule has 0 aliphatic carbocycles. The van der Waals surface area contributed by atoms with Crippen molar-refractivity contribution in [1.29, 1.82) is 0 Å². The minimum Gasteiger partial charge on any atom is -0.349 e. The summed E-state index contributed by atoms with van der Waals surface area (Å²) in [5, 5.41) is 8.45. The Hall–Kier alpha value is -1.16. The van der Waals surface area contributed by atoms with E-state index in [1.54, 1.807) is 0 Å². The van der Waals surface area contributed by atoms with Crippen molar-refractivity contribution in [3.63, 3.8) is 0 Å². The number of anilines is 1. The highest BCUT2D eigenvalue weighted by Gasteiger charge is 2.40. The van der Waals surface area contributed by atoms with E-state index >= 15 is 0 Å². The highest BCUT2D eigenvalue weighted by atomic mass is 15.3. The molecule has 2 aliphatic heterocycles. The molecule has 0 radical (unpaired) electrons. The Kier molecular flexibility index (Phi) is 2.32. The van der Waals surface area contributed by atoms with E-state index in [1.807, 2.05) is 13.0 Å². The first-order valence-corrected chi connectivity index (χ1v) is 6.08. The van der Waals surface area contributed by atoms with E-state index in [-0.39, 0.29) is 0 Å². The lowest BCUT2D eigenvalue weighted by atomic mass is 9.98. The molecule has 2 aliphatic rings. The maximum Gasteiger partial charge on any atom is 0.151 e. The molecule has 3 rings (SSSR count). The molecule has 16 heavy (non-hydrogen) atoms. The summed E-state index contributed by atoms with van der Waals surface area (Å²) < 4.78 is 0. The van der Waals surface area contributed by atoms with Gasteiger partial charge in [0, 0.05) is 18.1 Å². The average molecular weight is 218 g/mol. The second-order valence-corrected chi connectivity index (χ2v) is 5.06. The summed E-state index contributed by atoms with van der Waals surface area (Å²) in [6.07, 6.45) is 4.72. The van der Waals surface area contributed by atoms with Crippen LogP contribution in [0, 0.1) is 6.92 Å². The molecule has 1 aromatic heterocycles. The molecule has 2 unspecified atom stereocenters. The third-order valence-corrected chi connectivity index (χ3v) is 3.82. The summed E-state index contributed by atoms with van der Waals surface area (Å²) in [5.74, 6) is 1.03. The van der Waals surface area contributed by atoms with Crippen molar-refractivity contribution < 1.29 is 0 Å². The SMILES string of the molecule is Cc1ccc(N2C3CCC2CC(N)C3)nn1. The third-order valence-electron chi connectivity index (χ3n) is 3.82. The molecule has 3 heterocycles. The van der Waals surface area contributed by atoms with Gasteiger partial charge in [-0.15, -0.1) is 5.10 Å². The van der Waals surface area contributed by atoms with Gasteiger partial charge in [-0.1, -0.05) is 0 Å². The molecule has 4 heteroatoms. The van der Waals surface area contributed by atoms with Crippen LogP contribution in [0.1, 0.15) is 31.4 Å². The van der Waals surface area contributed by atoms with Crippen LogP contribution in [-0.4, -0.2) is 28.3 Å². The molecule has 86 valence electrons. The first-order valence-electron chi connectivity index (χ1n) is 6.08. The summed E-state index contributed by atoms with van der Waals surface area (Å²) in [5.41, 5.74) is 7.03. The van der Waals surface area contributed by atoms with E-state index in [4.69, 9.17) is 5.73 Å². The van der Waals surface area contributed by atoms with Crippen LogP contribution >= 0.6 is 0 Å². The highest BCUT2D eigenvalue weighted by Crippen LogP contribution is 2.37. The highest BCUT2D eigenvalue weighted by molar-refractivity contribution is 5.43. The van der Waals surface area contributed by atoms with Crippen molar-refractivity contribution in [2.24, 2.45) is 5.73 Å². The van der Waals surface area contributed by atoms with Crippen LogP contribution in [0.25, 0.3) is 0 Å². The standard InChI is InChI=1S/C12H18N4/c1-8-2-5-12(15-14-8)16-10-3-4-11(16)7-9(13)6-10/h2,5,9-11H,3-4,6-7,13H2,1H3. The third kappa shape index (κ3) is 1.57. The predicted molar refractivity (Wildman–Crippen MR) is 63.3 cm³/mol. The summed E-state index contributed by atoms with van der Waals surface area (Å²) in [7, 11) is 0. The molecule has 2 N–H and O–H groups in total. The molecule has 2 fully saturated rings. The number of nitrogens with two attached hydrogens (primary N) is 1. The maximum atomic E-state index is 6.06. The molecular formula is C12H18N4. The summed E-state index contributed by atoms with van der Waals surface area (Å²) >= 11 is 0. The molecule has 0 spiro atoms. The topological polar surface area (TPSA) is 55.0 Å². The minimum absolute atomic E-state index is 0.382. The van der Waals surface area contributed by atoms with Gasteiger partial charge in [-0.05, 0) is 44.7 Å². The summed E-state index contributed by atoms with van der Waals surface area (Å²) in [6, 6.07) is 5.68. The molecule has 0 aromatic carbocycles. The fraction of sp³-hybridized carbons (Fsp3) is 0.667. The van der Waals surface area contributed by atoms with Gasteiger partial charge in [0.05, 0.1) is 5.69 Å². The van der Waals surface area contributed by atoms with Crippen LogP contribution in [0.2, 0.25) is 0 Å². The quantitative estimate of drug-likeness (QED) is 0.770. The van der Waals surface area contributed by atoms with Gasteiger partial charge in [0.1, 0.15) is 0 Å². The Bertz CT molecular complexity index is 361. The second kappa shape index (κ2) is 3.70. The zero-order valence-corrected chi connectivity index (χ0v) is 9.63. The molecule has 4 nitrogen and oxygen atoms in total. The van der Waals surface area contributed by atoms with Crippen molar-refractivity contribution in [2.75, 3.05) is 4.90 Å². The minimum atomic E-state index is 0.382. The van der Waals surface area contributed by atoms with Crippen molar-refractivity contribution >= 4 is 5.82 Å². The number of hydrogen-bond acceptors (Lipinski definition) is 4. The fourth-order valence-electron chi connectivity index (χ4n) is 3.12. The first-order chi connectivity index (χ1) is 7.74. The molecule has 0 amide bonds. The number of hydrogen-bond donors (Lipinski definition) is 1. The van der Waals surface area contributed by atoms with Crippen molar-refractivity contribution in [2.45, 2.75) is 50.7 Å². The normalized spacial score (nSPS) is 33.1. The molecule has 0 saturated carbocycles. The number of aryl methyl sites for hydroxylation is 1. The van der Waals surface area contributed by atoms with Gasteiger partial charge in [0.25, 0.3) is 0 Å². The monoisotopic (exact) mass is 218 g/mol. The van der Waals surface area contributed by atoms with Gasteiger partial charge in [-0.25, -0.2) is 0 Å². The van der Waals surface area contributed by atoms with E-state index in [2.05, 4.69) is 21.2 Å². The average Bonchev–Trinajstić information content (AvgIpc) is 2.54. The number of fused-ring (bicyclic) bond motifs is 2. The summed E-state index contributed by atoms with van der Waals surface area (Å²) in [6.45, 7) is 1.97. The summed E-state index contributed by atoms with van der Waals surface area (Å²) in [4.78, 5) is 2.44. The second-order valence-electron chi connectivity index (χ2n) is 5.06. The van der Waals surface area contributed by atoms with Crippen LogP contribution in [0.15, 0.2) is 12.1 Å². The van der Waals surface area contributed by atoms with E-state index in [1.165, 1.54) is 12.8 Å². The van der Waals surface area contributed by atoms with Gasteiger partial charge in [-0.3, -0.25) is 0 Å². The van der Waals surface area contributed by atoms with Crippen LogP contribution in [0.4, 0.5) is 5.82 Å². The number of rotatable bonds is 1. The van der Waals surface area contributed by atoms with Gasteiger partial charge >= 0.3 is 0 Å². The van der Waals surface area contributed by atoms with Crippen LogP contribution in [-0.2, 0) is 0 Å². The molecule has 2 atom stereocenters. The smallest absolute Gasteiger partial charge is 0.151 e. The van der Waals surface area contributed by atoms with E-state index < -0.39 is 0 Å². The van der Waals surface area contributed by atoms with Crippen LogP contribution < -0.4 is 10.6 Å². The maximum absolute atomic E-state index is 6.06. The first kappa shape index (κ1) is 10.0. The Morgan fingerprint density at radius 3 is 2.44 bits per heavy atom. The van der Waals surface area contributed by atoms with Crippen molar-refractivity contribution in [3.05, 3.63) is 17.8 Å². The Balaban J connectivity index is 1.88.